The quantitative estimate of drug-likeness (QED) is 0.139. The van der Waals surface area contributed by atoms with E-state index in [1.54, 1.807) is 14.0 Å². The Balaban J connectivity index is 0.000000761. The van der Waals surface area contributed by atoms with E-state index in [2.05, 4.69) is 71.5 Å². The van der Waals surface area contributed by atoms with Gasteiger partial charge in [-0.1, -0.05) is 106 Å². The summed E-state index contributed by atoms with van der Waals surface area (Å²) in [5, 5.41) is 1.28. The summed E-state index contributed by atoms with van der Waals surface area (Å²) in [6.45, 7) is 24.1. The number of Topliss-reactive ketones (excluding diaryl/α,β-unsaturated/α-hetero) is 1. The van der Waals surface area contributed by atoms with Gasteiger partial charge in [0, 0.05) is 11.3 Å². The number of ketones is 1. The zero-order valence-corrected chi connectivity index (χ0v) is 33.3. The molecule has 0 amide bonds. The van der Waals surface area contributed by atoms with Crippen molar-refractivity contribution in [3.8, 4) is 5.75 Å². The molecular formula is C42H56Cl2O3S. The van der Waals surface area contributed by atoms with Crippen molar-refractivity contribution in [2.24, 2.45) is 5.92 Å². The van der Waals surface area contributed by atoms with Crippen LogP contribution in [0.15, 0.2) is 83.8 Å². The third kappa shape index (κ3) is 17.9. The molecule has 0 aliphatic carbocycles. The van der Waals surface area contributed by atoms with Crippen molar-refractivity contribution in [3.05, 3.63) is 127 Å². The van der Waals surface area contributed by atoms with Crippen LogP contribution in [0, 0.1) is 26.7 Å². The average molecular weight is 712 g/mol. The van der Waals surface area contributed by atoms with Crippen LogP contribution in [-0.2, 0) is 22.4 Å². The minimum absolute atomic E-state index is 0.233. The molecular weight excluding hydrogens is 655 g/mol. The Hall–Kier alpha value is -3.05. The van der Waals surface area contributed by atoms with Crippen LogP contribution >= 0.6 is 35.0 Å². The van der Waals surface area contributed by atoms with Crippen LogP contribution in [0.4, 0.5) is 0 Å². The Bertz CT molecular complexity index is 1520. The molecule has 0 bridgehead atoms. The van der Waals surface area contributed by atoms with Gasteiger partial charge in [0.1, 0.15) is 11.5 Å². The lowest BCUT2D eigenvalue weighted by Gasteiger charge is -2.12. The van der Waals surface area contributed by atoms with Crippen LogP contribution in [0.3, 0.4) is 0 Å². The molecule has 0 aliphatic rings. The van der Waals surface area contributed by atoms with E-state index in [0.29, 0.717) is 22.4 Å². The van der Waals surface area contributed by atoms with E-state index in [1.807, 2.05) is 64.1 Å². The van der Waals surface area contributed by atoms with Gasteiger partial charge >= 0.3 is 0 Å². The van der Waals surface area contributed by atoms with Crippen molar-refractivity contribution in [1.29, 1.82) is 0 Å². The van der Waals surface area contributed by atoms with E-state index in [1.165, 1.54) is 27.8 Å². The van der Waals surface area contributed by atoms with Crippen molar-refractivity contribution < 1.29 is 14.3 Å². The van der Waals surface area contributed by atoms with Gasteiger partial charge in [-0.05, 0) is 142 Å². The molecule has 0 unspecified atom stereocenters. The molecule has 3 nitrogen and oxygen atoms in total. The number of benzene rings is 3. The topological polar surface area (TPSA) is 43.4 Å². The Morgan fingerprint density at radius 3 is 2.02 bits per heavy atom. The van der Waals surface area contributed by atoms with E-state index in [4.69, 9.17) is 27.9 Å². The second-order valence-corrected chi connectivity index (χ2v) is 13.4. The fourth-order valence-electron chi connectivity index (χ4n) is 4.42. The van der Waals surface area contributed by atoms with E-state index in [-0.39, 0.29) is 5.78 Å². The van der Waals surface area contributed by atoms with Crippen molar-refractivity contribution in [2.75, 3.05) is 7.11 Å². The van der Waals surface area contributed by atoms with E-state index < -0.39 is 0 Å². The van der Waals surface area contributed by atoms with Crippen molar-refractivity contribution >= 4 is 51.9 Å². The summed E-state index contributed by atoms with van der Waals surface area (Å²) in [4.78, 5) is 22.8. The zero-order valence-electron chi connectivity index (χ0n) is 30.9. The highest BCUT2D eigenvalue weighted by atomic mass is 35.5. The summed E-state index contributed by atoms with van der Waals surface area (Å²) in [6.07, 6.45) is 7.51. The van der Waals surface area contributed by atoms with Gasteiger partial charge in [-0.2, -0.15) is 0 Å². The number of halogens is 2. The zero-order chi connectivity index (χ0) is 36.8. The van der Waals surface area contributed by atoms with E-state index in [0.717, 1.165) is 64.0 Å². The Morgan fingerprint density at radius 2 is 1.52 bits per heavy atom. The molecule has 0 spiro atoms. The molecule has 0 N–H and O–H groups in total. The van der Waals surface area contributed by atoms with E-state index in [9.17, 15) is 9.59 Å². The van der Waals surface area contributed by atoms with Gasteiger partial charge in [-0.25, -0.2) is 0 Å². The number of hydrogen-bond donors (Lipinski definition) is 0. The number of carbonyl (C=O) groups is 2. The maximum atomic E-state index is 11.1. The Morgan fingerprint density at radius 1 is 0.896 bits per heavy atom. The molecule has 3 rings (SSSR count). The summed E-state index contributed by atoms with van der Waals surface area (Å²) in [5.74, 6) is 1.82. The first-order valence-electron chi connectivity index (χ1n) is 16.5. The molecule has 0 fully saturated rings. The summed E-state index contributed by atoms with van der Waals surface area (Å²) in [7, 11) is 1.68. The van der Waals surface area contributed by atoms with Crippen molar-refractivity contribution in [2.45, 2.75) is 94.9 Å². The highest BCUT2D eigenvalue weighted by molar-refractivity contribution is 8.15. The second-order valence-electron chi connectivity index (χ2n) is 11.7. The average Bonchev–Trinajstić information content (AvgIpc) is 3.04. The standard InChI is InChI=1S/C21H26O2S.C10H12Cl2.C9H12O.C2H6/c1-6-19(13-21(15(2)3)24-14-22)20-12-18(11-10-16(20)4)9-7-8-17(5)23;1-7(2)5-8-3-4-9(11)10(12)6-8;1-7-4-5-9(10-3)6-8(7)2;1-2/h6,10-14H,2,7-9H2,1,3-5H3;3-4,6-7H,5H2,1-2H3;4-6H,1-3H3;1-2H3/b19-6-,21-13-;;;. The lowest BCUT2D eigenvalue weighted by atomic mass is 9.95. The first-order valence-corrected chi connectivity index (χ1v) is 18.1. The number of ether oxygens (including phenoxy) is 1. The molecule has 0 aliphatic heterocycles. The molecule has 262 valence electrons. The second kappa shape index (κ2) is 25.0. The van der Waals surface area contributed by atoms with Crippen LogP contribution in [0.5, 0.6) is 5.75 Å². The molecule has 6 heteroatoms. The van der Waals surface area contributed by atoms with E-state index >= 15 is 0 Å². The largest absolute Gasteiger partial charge is 0.497 e. The van der Waals surface area contributed by atoms with Gasteiger partial charge in [0.15, 0.2) is 5.62 Å². The highest BCUT2D eigenvalue weighted by Gasteiger charge is 2.08. The number of allylic oxidation sites excluding steroid dienone is 4. The van der Waals surface area contributed by atoms with Gasteiger partial charge < -0.3 is 9.53 Å². The smallest absolute Gasteiger partial charge is 0.180 e. The molecule has 3 aromatic rings. The lowest BCUT2D eigenvalue weighted by molar-refractivity contribution is -0.117. The lowest BCUT2D eigenvalue weighted by Crippen LogP contribution is -1.95. The fraction of sp³-hybridized carbons (Fsp3) is 0.381. The maximum absolute atomic E-state index is 11.1. The summed E-state index contributed by atoms with van der Waals surface area (Å²) < 4.78 is 5.05. The maximum Gasteiger partial charge on any atom is 0.180 e. The monoisotopic (exact) mass is 710 g/mol. The number of hydrogen-bond acceptors (Lipinski definition) is 4. The molecule has 0 aromatic heterocycles. The third-order valence-corrected chi connectivity index (χ3v) is 8.70. The predicted molar refractivity (Wildman–Crippen MR) is 215 cm³/mol. The Labute approximate surface area is 305 Å². The van der Waals surface area contributed by atoms with Gasteiger partial charge in [-0.15, -0.1) is 0 Å². The van der Waals surface area contributed by atoms with Gasteiger partial charge in [0.05, 0.1) is 17.2 Å². The minimum atomic E-state index is 0.233. The Kier molecular flexibility index (Phi) is 23.4. The normalized spacial score (nSPS) is 10.9. The summed E-state index contributed by atoms with van der Waals surface area (Å²) in [5.41, 5.74) is 10.2. The van der Waals surface area contributed by atoms with Gasteiger partial charge in [-0.3, -0.25) is 4.79 Å². The SMILES string of the molecule is C=C(C)/C(=C/C(=C/C)c1cc(CCCC(C)=O)ccc1C)SC=O.CC.CC(C)Cc1ccc(Cl)c(Cl)c1.COc1ccc(C)c(C)c1. The molecule has 3 aromatic carbocycles. The molecule has 48 heavy (non-hydrogen) atoms. The molecule has 0 saturated carbocycles. The summed E-state index contributed by atoms with van der Waals surface area (Å²) >= 11 is 12.8. The number of thioether (sulfide) groups is 1. The van der Waals surface area contributed by atoms with Crippen LogP contribution in [0.2, 0.25) is 10.0 Å². The molecule has 0 saturated heterocycles. The van der Waals surface area contributed by atoms with Gasteiger partial charge in [0.2, 0.25) is 0 Å². The van der Waals surface area contributed by atoms with Gasteiger partial charge in [0.25, 0.3) is 0 Å². The van der Waals surface area contributed by atoms with Crippen LogP contribution in [0.1, 0.15) is 94.7 Å². The number of carbonyl (C=O) groups excluding carboxylic acids is 2. The highest BCUT2D eigenvalue weighted by Crippen LogP contribution is 2.29. The van der Waals surface area contributed by atoms with Crippen LogP contribution in [-0.4, -0.2) is 18.5 Å². The first-order chi connectivity index (χ1) is 22.7. The van der Waals surface area contributed by atoms with Crippen molar-refractivity contribution in [3.63, 3.8) is 0 Å². The number of methoxy groups -OCH3 is 1. The first kappa shape index (κ1) is 45.0. The molecule has 0 heterocycles. The third-order valence-electron chi connectivity index (χ3n) is 7.14. The number of aryl methyl sites for hydroxylation is 4. The van der Waals surface area contributed by atoms with Crippen LogP contribution < -0.4 is 4.74 Å². The molecule has 0 radical (unpaired) electrons. The number of rotatable bonds is 12. The minimum Gasteiger partial charge on any atom is -0.497 e. The predicted octanol–water partition coefficient (Wildman–Crippen LogP) is 13.2. The molecule has 0 atom stereocenters. The summed E-state index contributed by atoms with van der Waals surface area (Å²) in [6, 6.07) is 18.3. The fourth-order valence-corrected chi connectivity index (χ4v) is 5.24. The van der Waals surface area contributed by atoms with Crippen molar-refractivity contribution in [1.82, 2.24) is 0 Å². The van der Waals surface area contributed by atoms with Crippen LogP contribution in [0.25, 0.3) is 5.57 Å².